The number of rotatable bonds is 12. The summed E-state index contributed by atoms with van der Waals surface area (Å²) in [5.41, 5.74) is 6.35. The molecule has 0 saturated heterocycles. The average molecular weight is 618 g/mol. The van der Waals surface area contributed by atoms with Crippen molar-refractivity contribution in [2.45, 2.75) is 110 Å². The fraction of sp³-hybridized carbons (Fsp3) is 0.545. The van der Waals surface area contributed by atoms with Crippen LogP contribution in [0.5, 0.6) is 0 Å². The molecular formula is C33H43F4N5O2. The number of benzene rings is 2. The lowest BCUT2D eigenvalue weighted by Gasteiger charge is -2.39. The molecule has 2 aromatic carbocycles. The predicted molar refractivity (Wildman–Crippen MR) is 163 cm³/mol. The summed E-state index contributed by atoms with van der Waals surface area (Å²) in [5.74, 6) is -0.666. The number of fused-ring (bicyclic) bond motifs is 2. The van der Waals surface area contributed by atoms with Gasteiger partial charge in [-0.15, -0.1) is 0 Å². The van der Waals surface area contributed by atoms with Crippen molar-refractivity contribution in [3.8, 4) is 0 Å². The van der Waals surface area contributed by atoms with Gasteiger partial charge < -0.3 is 16.2 Å². The number of aromatic nitrogens is 2. The Hall–Kier alpha value is -3.31. The molecule has 1 aliphatic heterocycles. The number of alkyl halides is 4. The van der Waals surface area contributed by atoms with Crippen LogP contribution in [0.4, 0.5) is 23.5 Å². The maximum absolute atomic E-state index is 14.2. The molecule has 44 heavy (non-hydrogen) atoms. The number of amides is 1. The van der Waals surface area contributed by atoms with E-state index < -0.39 is 48.8 Å². The largest absolute Gasteiger partial charge is 0.372 e. The number of nitrogens with two attached hydrogens (primary N) is 1. The van der Waals surface area contributed by atoms with E-state index in [1.165, 1.54) is 0 Å². The number of nitrogen functional groups attached to an aromatic ring is 1. The standard InChI is InChI=1S/C33H43F4N5O2/c1-31(2,3)19-32(4,5)41-29(44)33(14-12-25(34)35,15-13-26(36)37)22-10-11-24-23(16-22)27(40-30(38)39-24)28(43)42-17-20-8-6-7-9-21(20)18-42/h6-11,16,25-26,28,43H,12-15,17-19H2,1-5H3,(H,41,44)(H2,38,39,40). The first kappa shape index (κ1) is 33.6. The van der Waals surface area contributed by atoms with Crippen molar-refractivity contribution in [1.82, 2.24) is 20.2 Å². The van der Waals surface area contributed by atoms with E-state index in [-0.39, 0.29) is 35.5 Å². The van der Waals surface area contributed by atoms with Gasteiger partial charge >= 0.3 is 0 Å². The number of nitrogens with one attached hydrogen (secondary N) is 1. The van der Waals surface area contributed by atoms with Gasteiger partial charge in [0, 0.05) is 36.9 Å². The zero-order valence-corrected chi connectivity index (χ0v) is 26.0. The fourth-order valence-electron chi connectivity index (χ4n) is 6.65. The monoisotopic (exact) mass is 617 g/mol. The highest BCUT2D eigenvalue weighted by Gasteiger charge is 2.43. The molecule has 2 heterocycles. The fourth-order valence-corrected chi connectivity index (χ4v) is 6.65. The van der Waals surface area contributed by atoms with Gasteiger partial charge in [-0.2, -0.15) is 0 Å². The smallest absolute Gasteiger partial charge is 0.238 e. The van der Waals surface area contributed by atoms with Gasteiger partial charge in [-0.1, -0.05) is 51.1 Å². The second kappa shape index (κ2) is 13.0. The van der Waals surface area contributed by atoms with Crippen molar-refractivity contribution >= 4 is 22.8 Å². The lowest BCUT2D eigenvalue weighted by atomic mass is 9.71. The SMILES string of the molecule is CC(C)(C)CC(C)(C)NC(=O)C(CCC(F)F)(CCC(F)F)c1ccc2nc(N)nc(C(O)N3Cc4ccccc4C3)c2c1. The summed E-state index contributed by atoms with van der Waals surface area (Å²) in [5, 5.41) is 14.9. The Balaban J connectivity index is 1.83. The van der Waals surface area contributed by atoms with E-state index in [0.717, 1.165) is 11.1 Å². The zero-order valence-electron chi connectivity index (χ0n) is 26.0. The zero-order chi connectivity index (χ0) is 32.4. The molecule has 1 aromatic heterocycles. The number of nitrogens with zero attached hydrogens (tertiary/aromatic N) is 3. The highest BCUT2D eigenvalue weighted by atomic mass is 19.3. The molecule has 0 bridgehead atoms. The van der Waals surface area contributed by atoms with Crippen molar-refractivity contribution < 1.29 is 27.5 Å². The molecule has 0 fully saturated rings. The van der Waals surface area contributed by atoms with E-state index in [9.17, 15) is 27.5 Å². The van der Waals surface area contributed by atoms with Crippen LogP contribution in [-0.4, -0.2) is 44.3 Å². The van der Waals surface area contributed by atoms with Gasteiger partial charge in [0.15, 0.2) is 6.23 Å². The topological polar surface area (TPSA) is 104 Å². The summed E-state index contributed by atoms with van der Waals surface area (Å²) in [6, 6.07) is 12.5. The third kappa shape index (κ3) is 7.85. The number of aliphatic hydroxyl groups excluding tert-OH is 1. The van der Waals surface area contributed by atoms with Gasteiger partial charge in [-0.05, 0) is 67.3 Å². The van der Waals surface area contributed by atoms with Gasteiger partial charge in [0.25, 0.3) is 0 Å². The lowest BCUT2D eigenvalue weighted by molar-refractivity contribution is -0.130. The van der Waals surface area contributed by atoms with Crippen molar-refractivity contribution in [3.63, 3.8) is 0 Å². The normalized spacial score (nSPS) is 15.3. The Kier molecular flexibility index (Phi) is 9.90. The summed E-state index contributed by atoms with van der Waals surface area (Å²) in [4.78, 5) is 24.7. The van der Waals surface area contributed by atoms with E-state index in [1.807, 2.05) is 58.9 Å². The van der Waals surface area contributed by atoms with E-state index in [0.29, 0.717) is 30.4 Å². The van der Waals surface area contributed by atoms with Gasteiger partial charge in [-0.3, -0.25) is 9.69 Å². The summed E-state index contributed by atoms with van der Waals surface area (Å²) >= 11 is 0. The van der Waals surface area contributed by atoms with Crippen LogP contribution in [0.3, 0.4) is 0 Å². The highest BCUT2D eigenvalue weighted by Crippen LogP contribution is 2.41. The van der Waals surface area contributed by atoms with Crippen LogP contribution in [0, 0.1) is 5.41 Å². The second-order valence-electron chi connectivity index (χ2n) is 13.8. The molecule has 0 aliphatic carbocycles. The maximum Gasteiger partial charge on any atom is 0.238 e. The first-order chi connectivity index (χ1) is 20.5. The number of anilines is 1. The number of carbonyl (C=O) groups excluding carboxylic acids is 1. The van der Waals surface area contributed by atoms with Crippen molar-refractivity contribution in [1.29, 1.82) is 0 Å². The molecule has 7 nitrogen and oxygen atoms in total. The number of hydrogen-bond donors (Lipinski definition) is 3. The van der Waals surface area contributed by atoms with E-state index in [1.54, 1.807) is 23.1 Å². The van der Waals surface area contributed by atoms with Crippen LogP contribution < -0.4 is 11.1 Å². The molecule has 240 valence electrons. The number of halogens is 4. The number of carbonyl (C=O) groups is 1. The highest BCUT2D eigenvalue weighted by molar-refractivity contribution is 5.91. The number of hydrogen-bond acceptors (Lipinski definition) is 6. The van der Waals surface area contributed by atoms with Crippen LogP contribution in [0.2, 0.25) is 0 Å². The van der Waals surface area contributed by atoms with Crippen LogP contribution >= 0.6 is 0 Å². The average Bonchev–Trinajstić information content (AvgIpc) is 3.35. The Labute approximate surface area is 256 Å². The molecule has 1 aliphatic rings. The maximum atomic E-state index is 14.2. The number of aliphatic hydroxyl groups is 1. The quantitative estimate of drug-likeness (QED) is 0.192. The van der Waals surface area contributed by atoms with Crippen LogP contribution in [0.1, 0.15) is 95.3 Å². The van der Waals surface area contributed by atoms with Gasteiger partial charge in [0.05, 0.1) is 16.6 Å². The molecule has 4 N–H and O–H groups in total. The van der Waals surface area contributed by atoms with E-state index in [4.69, 9.17) is 5.73 Å². The molecular weight excluding hydrogens is 574 g/mol. The molecule has 3 aromatic rings. The Morgan fingerprint density at radius 2 is 1.52 bits per heavy atom. The van der Waals surface area contributed by atoms with Crippen molar-refractivity contribution in [2.24, 2.45) is 5.41 Å². The van der Waals surface area contributed by atoms with E-state index in [2.05, 4.69) is 15.3 Å². The van der Waals surface area contributed by atoms with Gasteiger partial charge in [0.1, 0.15) is 0 Å². The third-order valence-electron chi connectivity index (χ3n) is 8.19. The van der Waals surface area contributed by atoms with Crippen LogP contribution in [-0.2, 0) is 23.3 Å². The minimum Gasteiger partial charge on any atom is -0.372 e. The first-order valence-electron chi connectivity index (χ1n) is 15.0. The molecule has 0 spiro atoms. The Bertz CT molecular complexity index is 1440. The molecule has 0 saturated carbocycles. The minimum absolute atomic E-state index is 0.0700. The lowest BCUT2D eigenvalue weighted by Crippen LogP contribution is -2.54. The molecule has 4 rings (SSSR count). The molecule has 1 unspecified atom stereocenters. The molecule has 0 radical (unpaired) electrons. The van der Waals surface area contributed by atoms with Crippen molar-refractivity contribution in [3.05, 3.63) is 64.8 Å². The van der Waals surface area contributed by atoms with Crippen LogP contribution in [0.15, 0.2) is 42.5 Å². The first-order valence-corrected chi connectivity index (χ1v) is 15.0. The molecule has 1 amide bonds. The summed E-state index contributed by atoms with van der Waals surface area (Å²) in [6.45, 7) is 10.6. The third-order valence-corrected chi connectivity index (χ3v) is 8.19. The van der Waals surface area contributed by atoms with Gasteiger partial charge in [0.2, 0.25) is 24.7 Å². The Morgan fingerprint density at radius 3 is 2.05 bits per heavy atom. The minimum atomic E-state index is -2.74. The van der Waals surface area contributed by atoms with E-state index >= 15 is 0 Å². The summed E-state index contributed by atoms with van der Waals surface area (Å²) in [6.07, 6.45) is -8.15. The predicted octanol–water partition coefficient (Wildman–Crippen LogP) is 6.88. The Morgan fingerprint density at radius 1 is 0.955 bits per heavy atom. The molecule has 11 heteroatoms. The van der Waals surface area contributed by atoms with Crippen LogP contribution in [0.25, 0.3) is 10.9 Å². The summed E-state index contributed by atoms with van der Waals surface area (Å²) in [7, 11) is 0. The molecule has 1 atom stereocenters. The van der Waals surface area contributed by atoms with Gasteiger partial charge in [-0.25, -0.2) is 27.5 Å². The second-order valence-corrected chi connectivity index (χ2v) is 13.8. The summed E-state index contributed by atoms with van der Waals surface area (Å²) < 4.78 is 54.8. The van der Waals surface area contributed by atoms with Crippen molar-refractivity contribution in [2.75, 3.05) is 5.73 Å².